The molecule has 3 rings (SSSR count). The van der Waals surface area contributed by atoms with Crippen LogP contribution in [0.25, 0.3) is 0 Å². The molecule has 2 aromatic heterocycles. The highest BCUT2D eigenvalue weighted by atomic mass is 32.1. The van der Waals surface area contributed by atoms with Crippen LogP contribution in [0.5, 0.6) is 0 Å². The van der Waals surface area contributed by atoms with Crippen molar-refractivity contribution in [2.45, 2.75) is 12.8 Å². The van der Waals surface area contributed by atoms with Crippen molar-refractivity contribution >= 4 is 28.7 Å². The van der Waals surface area contributed by atoms with E-state index in [1.807, 2.05) is 17.5 Å². The Bertz CT molecular complexity index is 721. The molecule has 1 aliphatic rings. The van der Waals surface area contributed by atoms with Gasteiger partial charge in [0, 0.05) is 31.1 Å². The monoisotopic (exact) mass is 392 g/mol. The molecule has 0 radical (unpaired) electrons. The molecule has 0 bridgehead atoms. The number of nitro groups is 1. The standard InChI is InChI=1S/C17H24N6O3S/c24-23(25)15-16(18-5-2-7-22-8-10-26-11-9-22)20-13-21-17(15)19-6-4-14-3-1-12-27-14/h1,3,12-13H,2,4-11H2,(H2,18,19,20,21). The van der Waals surface area contributed by atoms with Crippen molar-refractivity contribution in [3.63, 3.8) is 0 Å². The van der Waals surface area contributed by atoms with Crippen LogP contribution in [-0.4, -0.2) is 65.7 Å². The van der Waals surface area contributed by atoms with Crippen LogP contribution in [0.15, 0.2) is 23.8 Å². The number of nitrogens with zero attached hydrogens (tertiary/aromatic N) is 4. The van der Waals surface area contributed by atoms with Crippen molar-refractivity contribution in [3.8, 4) is 0 Å². The number of nitrogens with one attached hydrogen (secondary N) is 2. The normalized spacial score (nSPS) is 14.8. The van der Waals surface area contributed by atoms with Crippen LogP contribution in [0, 0.1) is 10.1 Å². The Morgan fingerprint density at radius 3 is 2.63 bits per heavy atom. The van der Waals surface area contributed by atoms with Crippen LogP contribution in [0.4, 0.5) is 17.3 Å². The van der Waals surface area contributed by atoms with E-state index in [2.05, 4.69) is 25.5 Å². The molecule has 3 heterocycles. The summed E-state index contributed by atoms with van der Waals surface area (Å²) < 4.78 is 5.33. The molecule has 1 aliphatic heterocycles. The maximum absolute atomic E-state index is 11.5. The molecule has 2 aromatic rings. The van der Waals surface area contributed by atoms with Crippen molar-refractivity contribution in [1.82, 2.24) is 14.9 Å². The van der Waals surface area contributed by atoms with E-state index in [1.54, 1.807) is 11.3 Å². The van der Waals surface area contributed by atoms with Crippen LogP contribution in [0.3, 0.4) is 0 Å². The van der Waals surface area contributed by atoms with E-state index < -0.39 is 4.92 Å². The summed E-state index contributed by atoms with van der Waals surface area (Å²) in [6, 6.07) is 4.04. The third-order valence-corrected chi connectivity index (χ3v) is 5.23. The first-order valence-electron chi connectivity index (χ1n) is 9.03. The fourth-order valence-electron chi connectivity index (χ4n) is 2.90. The molecule has 1 fully saturated rings. The predicted octanol–water partition coefficient (Wildman–Crippen LogP) is 2.24. The highest BCUT2D eigenvalue weighted by Gasteiger charge is 2.22. The second kappa shape index (κ2) is 10.1. The van der Waals surface area contributed by atoms with Crippen LogP contribution in [0.1, 0.15) is 11.3 Å². The molecule has 0 aromatic carbocycles. The van der Waals surface area contributed by atoms with Crippen molar-refractivity contribution in [2.75, 3.05) is 56.6 Å². The number of anilines is 2. The number of thiophene rings is 1. The third-order valence-electron chi connectivity index (χ3n) is 4.30. The number of ether oxygens (including phenoxy) is 1. The summed E-state index contributed by atoms with van der Waals surface area (Å²) in [4.78, 5) is 22.8. The molecule has 1 saturated heterocycles. The number of aromatic nitrogens is 2. The topological polar surface area (TPSA) is 105 Å². The number of morpholine rings is 1. The van der Waals surface area contributed by atoms with E-state index in [0.29, 0.717) is 13.1 Å². The molecule has 27 heavy (non-hydrogen) atoms. The van der Waals surface area contributed by atoms with Crippen molar-refractivity contribution < 1.29 is 9.66 Å². The summed E-state index contributed by atoms with van der Waals surface area (Å²) in [7, 11) is 0. The summed E-state index contributed by atoms with van der Waals surface area (Å²) in [5.41, 5.74) is -0.102. The molecular weight excluding hydrogens is 368 g/mol. The molecule has 0 amide bonds. The van der Waals surface area contributed by atoms with Gasteiger partial charge in [-0.05, 0) is 30.8 Å². The molecule has 2 N–H and O–H groups in total. The highest BCUT2D eigenvalue weighted by Crippen LogP contribution is 2.28. The molecule has 0 spiro atoms. The maximum atomic E-state index is 11.5. The predicted molar refractivity (Wildman–Crippen MR) is 106 cm³/mol. The molecule has 146 valence electrons. The lowest BCUT2D eigenvalue weighted by Crippen LogP contribution is -2.37. The Hall–Kier alpha value is -2.30. The van der Waals surface area contributed by atoms with Crippen LogP contribution in [0.2, 0.25) is 0 Å². The second-order valence-electron chi connectivity index (χ2n) is 6.17. The Labute approximate surface area is 161 Å². The van der Waals surface area contributed by atoms with Gasteiger partial charge in [-0.15, -0.1) is 11.3 Å². The molecular formula is C17H24N6O3S. The first-order chi connectivity index (χ1) is 13.2. The zero-order chi connectivity index (χ0) is 18.9. The Kier molecular flexibility index (Phi) is 7.31. The maximum Gasteiger partial charge on any atom is 0.353 e. The smallest absolute Gasteiger partial charge is 0.353 e. The Balaban J connectivity index is 1.53. The minimum atomic E-state index is -0.433. The number of hydrogen-bond acceptors (Lipinski definition) is 9. The van der Waals surface area contributed by atoms with Gasteiger partial charge in [-0.1, -0.05) is 6.07 Å². The molecule has 10 heteroatoms. The first kappa shape index (κ1) is 19.5. The molecule has 0 aliphatic carbocycles. The van der Waals surface area contributed by atoms with Gasteiger partial charge >= 0.3 is 5.69 Å². The average molecular weight is 392 g/mol. The van der Waals surface area contributed by atoms with Crippen molar-refractivity contribution in [2.24, 2.45) is 0 Å². The summed E-state index contributed by atoms with van der Waals surface area (Å²) in [6.45, 7) is 5.54. The van der Waals surface area contributed by atoms with Crippen molar-refractivity contribution in [3.05, 3.63) is 38.8 Å². The van der Waals surface area contributed by atoms with Gasteiger partial charge in [0.1, 0.15) is 6.33 Å². The lowest BCUT2D eigenvalue weighted by atomic mass is 10.3. The van der Waals surface area contributed by atoms with E-state index in [9.17, 15) is 10.1 Å². The van der Waals surface area contributed by atoms with E-state index >= 15 is 0 Å². The lowest BCUT2D eigenvalue weighted by molar-refractivity contribution is -0.383. The lowest BCUT2D eigenvalue weighted by Gasteiger charge is -2.26. The minimum absolute atomic E-state index is 0.102. The summed E-state index contributed by atoms with van der Waals surface area (Å²) in [5.74, 6) is 0.512. The largest absolute Gasteiger partial charge is 0.379 e. The molecule has 0 atom stereocenters. The van der Waals surface area contributed by atoms with E-state index in [1.165, 1.54) is 11.2 Å². The van der Waals surface area contributed by atoms with Gasteiger partial charge < -0.3 is 15.4 Å². The van der Waals surface area contributed by atoms with Gasteiger partial charge in [-0.3, -0.25) is 15.0 Å². The zero-order valence-electron chi connectivity index (χ0n) is 15.1. The van der Waals surface area contributed by atoms with Crippen LogP contribution in [-0.2, 0) is 11.2 Å². The summed E-state index contributed by atoms with van der Waals surface area (Å²) >= 11 is 1.67. The van der Waals surface area contributed by atoms with Gasteiger partial charge in [0.15, 0.2) is 0 Å². The first-order valence-corrected chi connectivity index (χ1v) is 9.91. The van der Waals surface area contributed by atoms with Gasteiger partial charge in [0.05, 0.1) is 18.1 Å². The average Bonchev–Trinajstić information content (AvgIpc) is 3.19. The van der Waals surface area contributed by atoms with Crippen LogP contribution >= 0.6 is 11.3 Å². The fourth-order valence-corrected chi connectivity index (χ4v) is 3.61. The number of hydrogen-bond donors (Lipinski definition) is 2. The van der Waals surface area contributed by atoms with Gasteiger partial charge in [0.2, 0.25) is 11.6 Å². The fraction of sp³-hybridized carbons (Fsp3) is 0.529. The summed E-state index contributed by atoms with van der Waals surface area (Å²) in [5, 5.41) is 19.7. The van der Waals surface area contributed by atoms with Gasteiger partial charge in [-0.2, -0.15) is 0 Å². The van der Waals surface area contributed by atoms with E-state index in [4.69, 9.17) is 4.74 Å². The van der Waals surface area contributed by atoms with E-state index in [-0.39, 0.29) is 17.3 Å². The Morgan fingerprint density at radius 1 is 1.22 bits per heavy atom. The van der Waals surface area contributed by atoms with E-state index in [0.717, 1.165) is 45.7 Å². The quantitative estimate of drug-likeness (QED) is 0.360. The Morgan fingerprint density at radius 2 is 1.96 bits per heavy atom. The van der Waals surface area contributed by atoms with Crippen molar-refractivity contribution in [1.29, 1.82) is 0 Å². The summed E-state index contributed by atoms with van der Waals surface area (Å²) in [6.07, 6.45) is 3.02. The van der Waals surface area contributed by atoms with Gasteiger partial charge in [0.25, 0.3) is 0 Å². The molecule has 0 saturated carbocycles. The SMILES string of the molecule is O=[N+]([O-])c1c(NCCCN2CCOCC2)ncnc1NCCc1cccs1. The molecule has 0 unspecified atom stereocenters. The molecule has 9 nitrogen and oxygen atoms in total. The highest BCUT2D eigenvalue weighted by molar-refractivity contribution is 7.09. The second-order valence-corrected chi connectivity index (χ2v) is 7.20. The third kappa shape index (κ3) is 5.84. The zero-order valence-corrected chi connectivity index (χ0v) is 15.9. The minimum Gasteiger partial charge on any atom is -0.379 e. The number of rotatable bonds is 10. The van der Waals surface area contributed by atoms with Crippen LogP contribution < -0.4 is 10.6 Å². The van der Waals surface area contributed by atoms with Gasteiger partial charge in [-0.25, -0.2) is 9.97 Å².